The molecule has 2 atom stereocenters. The van der Waals surface area contributed by atoms with E-state index in [2.05, 4.69) is 17.3 Å². The summed E-state index contributed by atoms with van der Waals surface area (Å²) in [5.41, 5.74) is 5.80. The molecule has 0 aromatic heterocycles. The van der Waals surface area contributed by atoms with Gasteiger partial charge in [0.2, 0.25) is 5.91 Å². The minimum absolute atomic E-state index is 0.171. The highest BCUT2D eigenvalue weighted by atomic mass is 16.1. The Balaban J connectivity index is 1.74. The van der Waals surface area contributed by atoms with Crippen LogP contribution in [0.25, 0.3) is 0 Å². The van der Waals surface area contributed by atoms with E-state index in [-0.39, 0.29) is 11.8 Å². The molecule has 3 N–H and O–H groups in total. The second kappa shape index (κ2) is 7.25. The van der Waals surface area contributed by atoms with E-state index >= 15 is 0 Å². The fourth-order valence-corrected chi connectivity index (χ4v) is 3.48. The van der Waals surface area contributed by atoms with E-state index in [9.17, 15) is 4.79 Å². The molecule has 1 aliphatic heterocycles. The van der Waals surface area contributed by atoms with E-state index in [1.807, 2.05) is 0 Å². The number of likely N-dealkylation sites (tertiary alicyclic amines) is 1. The molecule has 1 saturated carbocycles. The Morgan fingerprint density at radius 3 is 2.58 bits per heavy atom. The first-order valence-electron chi connectivity index (χ1n) is 7.87. The Morgan fingerprint density at radius 1 is 1.21 bits per heavy atom. The molecule has 1 heterocycles. The van der Waals surface area contributed by atoms with Crippen molar-refractivity contribution in [3.8, 4) is 0 Å². The van der Waals surface area contributed by atoms with Gasteiger partial charge in [0, 0.05) is 12.5 Å². The lowest BCUT2D eigenvalue weighted by atomic mass is 9.78. The van der Waals surface area contributed by atoms with E-state index in [1.165, 1.54) is 25.7 Å². The molecule has 4 nitrogen and oxygen atoms in total. The van der Waals surface area contributed by atoms with Gasteiger partial charge in [-0.1, -0.05) is 12.8 Å². The third-order valence-electron chi connectivity index (χ3n) is 4.95. The van der Waals surface area contributed by atoms with Gasteiger partial charge in [-0.15, -0.1) is 0 Å². The van der Waals surface area contributed by atoms with Gasteiger partial charge in [-0.25, -0.2) is 0 Å². The number of rotatable bonds is 4. The number of nitrogens with one attached hydrogen (secondary N) is 1. The van der Waals surface area contributed by atoms with Crippen LogP contribution in [0.5, 0.6) is 0 Å². The summed E-state index contributed by atoms with van der Waals surface area (Å²) in [4.78, 5) is 14.7. The van der Waals surface area contributed by atoms with Gasteiger partial charge in [0.1, 0.15) is 0 Å². The predicted molar refractivity (Wildman–Crippen MR) is 77.7 cm³/mol. The average molecular weight is 267 g/mol. The molecule has 19 heavy (non-hydrogen) atoms. The van der Waals surface area contributed by atoms with E-state index in [4.69, 9.17) is 5.73 Å². The summed E-state index contributed by atoms with van der Waals surface area (Å²) in [6.45, 7) is 3.84. The van der Waals surface area contributed by atoms with Crippen molar-refractivity contribution in [3.05, 3.63) is 0 Å². The molecule has 2 aliphatic rings. The zero-order valence-corrected chi connectivity index (χ0v) is 12.2. The van der Waals surface area contributed by atoms with Gasteiger partial charge in [-0.2, -0.15) is 0 Å². The summed E-state index contributed by atoms with van der Waals surface area (Å²) in [5.74, 6) is 1.50. The third-order valence-corrected chi connectivity index (χ3v) is 4.95. The van der Waals surface area contributed by atoms with Crippen molar-refractivity contribution in [3.63, 3.8) is 0 Å². The Labute approximate surface area is 117 Å². The maximum absolute atomic E-state index is 12.3. The Morgan fingerprint density at radius 2 is 1.89 bits per heavy atom. The van der Waals surface area contributed by atoms with Gasteiger partial charge in [0.25, 0.3) is 0 Å². The molecular formula is C15H29N3O. The fourth-order valence-electron chi connectivity index (χ4n) is 3.48. The summed E-state index contributed by atoms with van der Waals surface area (Å²) in [7, 11) is 2.17. The minimum atomic E-state index is 0.171. The zero-order valence-electron chi connectivity index (χ0n) is 12.2. The van der Waals surface area contributed by atoms with E-state index in [0.717, 1.165) is 32.5 Å². The molecule has 4 heteroatoms. The molecule has 110 valence electrons. The second-order valence-corrected chi connectivity index (χ2v) is 6.38. The number of amides is 1. The molecule has 1 amide bonds. The van der Waals surface area contributed by atoms with Crippen LogP contribution in [-0.4, -0.2) is 44.0 Å². The minimum Gasteiger partial charge on any atom is -0.356 e. The van der Waals surface area contributed by atoms with Crippen molar-refractivity contribution in [2.24, 2.45) is 23.5 Å². The quantitative estimate of drug-likeness (QED) is 0.805. The molecule has 0 spiro atoms. The van der Waals surface area contributed by atoms with Gasteiger partial charge >= 0.3 is 0 Å². The largest absolute Gasteiger partial charge is 0.356 e. The molecule has 0 bridgehead atoms. The smallest absolute Gasteiger partial charge is 0.223 e. The van der Waals surface area contributed by atoms with Crippen LogP contribution in [0.2, 0.25) is 0 Å². The maximum Gasteiger partial charge on any atom is 0.223 e. The lowest BCUT2D eigenvalue weighted by Crippen LogP contribution is -2.42. The zero-order chi connectivity index (χ0) is 13.7. The van der Waals surface area contributed by atoms with Crippen LogP contribution in [0.3, 0.4) is 0 Å². The normalized spacial score (nSPS) is 30.2. The monoisotopic (exact) mass is 267 g/mol. The Bertz CT molecular complexity index is 287. The van der Waals surface area contributed by atoms with Crippen molar-refractivity contribution in [1.82, 2.24) is 10.2 Å². The third kappa shape index (κ3) is 4.18. The molecule has 0 radical (unpaired) electrons. The van der Waals surface area contributed by atoms with E-state index < -0.39 is 0 Å². The van der Waals surface area contributed by atoms with Gasteiger partial charge in [0.15, 0.2) is 0 Å². The summed E-state index contributed by atoms with van der Waals surface area (Å²) in [6.07, 6.45) is 7.00. The number of carbonyl (C=O) groups excluding carboxylic acids is 1. The molecule has 1 aliphatic carbocycles. The van der Waals surface area contributed by atoms with Gasteiger partial charge < -0.3 is 16.0 Å². The van der Waals surface area contributed by atoms with Crippen LogP contribution < -0.4 is 11.1 Å². The van der Waals surface area contributed by atoms with Crippen LogP contribution in [0, 0.1) is 17.8 Å². The highest BCUT2D eigenvalue weighted by Gasteiger charge is 2.30. The lowest BCUT2D eigenvalue weighted by molar-refractivity contribution is -0.127. The Hall–Kier alpha value is -0.610. The standard InChI is InChI=1S/C15H29N3O/c1-18-8-6-12(7-9-18)11-17-15(19)14-5-3-2-4-13(14)10-16/h12-14H,2-11,16H2,1H3,(H,17,19). The molecule has 0 aromatic rings. The molecule has 2 rings (SSSR count). The molecule has 2 fully saturated rings. The van der Waals surface area contributed by atoms with Crippen molar-refractivity contribution >= 4 is 5.91 Å². The summed E-state index contributed by atoms with van der Waals surface area (Å²) < 4.78 is 0. The lowest BCUT2D eigenvalue weighted by Gasteiger charge is -2.32. The van der Waals surface area contributed by atoms with Crippen LogP contribution >= 0.6 is 0 Å². The molecule has 1 saturated heterocycles. The van der Waals surface area contributed by atoms with Crippen LogP contribution in [0.4, 0.5) is 0 Å². The highest BCUT2D eigenvalue weighted by Crippen LogP contribution is 2.29. The van der Waals surface area contributed by atoms with Crippen molar-refractivity contribution in [1.29, 1.82) is 0 Å². The number of nitrogens with two attached hydrogens (primary N) is 1. The summed E-state index contributed by atoms with van der Waals surface area (Å²) in [6, 6.07) is 0. The van der Waals surface area contributed by atoms with E-state index in [0.29, 0.717) is 18.4 Å². The first-order chi connectivity index (χ1) is 9.20. The van der Waals surface area contributed by atoms with Crippen LogP contribution in [-0.2, 0) is 4.79 Å². The molecule has 0 aromatic carbocycles. The second-order valence-electron chi connectivity index (χ2n) is 6.38. The van der Waals surface area contributed by atoms with Gasteiger partial charge in [-0.3, -0.25) is 4.79 Å². The Kier molecular flexibility index (Phi) is 5.64. The van der Waals surface area contributed by atoms with Gasteiger partial charge in [0.05, 0.1) is 0 Å². The summed E-state index contributed by atoms with van der Waals surface area (Å²) in [5, 5.41) is 3.19. The van der Waals surface area contributed by atoms with Crippen molar-refractivity contribution in [2.75, 3.05) is 33.2 Å². The number of nitrogens with zero attached hydrogens (tertiary/aromatic N) is 1. The number of hydrogen-bond donors (Lipinski definition) is 2. The van der Waals surface area contributed by atoms with Crippen LogP contribution in [0.15, 0.2) is 0 Å². The molecular weight excluding hydrogens is 238 g/mol. The number of carbonyl (C=O) groups is 1. The molecule has 2 unspecified atom stereocenters. The maximum atomic E-state index is 12.3. The summed E-state index contributed by atoms with van der Waals surface area (Å²) >= 11 is 0. The topological polar surface area (TPSA) is 58.4 Å². The SMILES string of the molecule is CN1CCC(CNC(=O)C2CCCCC2CN)CC1. The van der Waals surface area contributed by atoms with Crippen LogP contribution in [0.1, 0.15) is 38.5 Å². The predicted octanol–water partition coefficient (Wildman–Crippen LogP) is 1.21. The average Bonchev–Trinajstić information content (AvgIpc) is 2.46. The highest BCUT2D eigenvalue weighted by molar-refractivity contribution is 5.79. The van der Waals surface area contributed by atoms with Crippen molar-refractivity contribution in [2.45, 2.75) is 38.5 Å². The van der Waals surface area contributed by atoms with Gasteiger partial charge in [-0.05, 0) is 64.2 Å². The fraction of sp³-hybridized carbons (Fsp3) is 0.933. The van der Waals surface area contributed by atoms with Crippen molar-refractivity contribution < 1.29 is 4.79 Å². The number of hydrogen-bond acceptors (Lipinski definition) is 3. The van der Waals surface area contributed by atoms with E-state index in [1.54, 1.807) is 0 Å². The number of piperidine rings is 1. The first kappa shape index (κ1) is 14.8. The first-order valence-corrected chi connectivity index (χ1v) is 7.87.